The van der Waals surface area contributed by atoms with Crippen molar-refractivity contribution < 1.29 is 0 Å². The number of nitrogens with zero attached hydrogens (tertiary/aromatic N) is 2. The highest BCUT2D eigenvalue weighted by Gasteiger charge is 2.17. The minimum absolute atomic E-state index is 0.129. The quantitative estimate of drug-likeness (QED) is 0.844. The SMILES string of the molecule is NC(c1cnccn1)c1cc2c(s1)CCCCC2. The van der Waals surface area contributed by atoms with Crippen molar-refractivity contribution in [3.05, 3.63) is 45.7 Å². The Bertz CT molecular complexity index is 498. The fourth-order valence-corrected chi connectivity index (χ4v) is 3.73. The van der Waals surface area contributed by atoms with E-state index in [0.717, 1.165) is 5.69 Å². The largest absolute Gasteiger partial charge is 0.318 e. The van der Waals surface area contributed by atoms with Crippen molar-refractivity contribution in [2.24, 2.45) is 5.73 Å². The summed E-state index contributed by atoms with van der Waals surface area (Å²) in [6.07, 6.45) is 11.5. The minimum atomic E-state index is -0.129. The van der Waals surface area contributed by atoms with Crippen molar-refractivity contribution in [2.45, 2.75) is 38.1 Å². The van der Waals surface area contributed by atoms with Gasteiger partial charge in [-0.15, -0.1) is 11.3 Å². The maximum atomic E-state index is 6.28. The zero-order valence-electron chi connectivity index (χ0n) is 10.3. The highest BCUT2D eigenvalue weighted by Crippen LogP contribution is 2.33. The van der Waals surface area contributed by atoms with Gasteiger partial charge in [-0.05, 0) is 37.3 Å². The summed E-state index contributed by atoms with van der Waals surface area (Å²) in [5, 5.41) is 0. The van der Waals surface area contributed by atoms with Crippen LogP contribution in [0.5, 0.6) is 0 Å². The van der Waals surface area contributed by atoms with E-state index in [1.54, 1.807) is 18.6 Å². The van der Waals surface area contributed by atoms with Gasteiger partial charge in [0.15, 0.2) is 0 Å². The molecule has 2 aromatic heterocycles. The Kier molecular flexibility index (Phi) is 3.39. The molecule has 3 nitrogen and oxygen atoms in total. The van der Waals surface area contributed by atoms with Gasteiger partial charge in [0.05, 0.1) is 17.9 Å². The molecule has 0 radical (unpaired) electrons. The van der Waals surface area contributed by atoms with Gasteiger partial charge in [0.1, 0.15) is 0 Å². The molecule has 94 valence electrons. The molecule has 0 fully saturated rings. The van der Waals surface area contributed by atoms with E-state index < -0.39 is 0 Å². The monoisotopic (exact) mass is 259 g/mol. The van der Waals surface area contributed by atoms with Gasteiger partial charge >= 0.3 is 0 Å². The Morgan fingerprint density at radius 1 is 1.17 bits per heavy atom. The van der Waals surface area contributed by atoms with Crippen molar-refractivity contribution in [3.8, 4) is 0 Å². The van der Waals surface area contributed by atoms with E-state index in [-0.39, 0.29) is 6.04 Å². The standard InChI is InChI=1S/C14H17N3S/c15-14(11-9-16-6-7-17-11)13-8-10-4-2-1-3-5-12(10)18-13/h6-9,14H,1-5,15H2. The predicted molar refractivity (Wildman–Crippen MR) is 73.6 cm³/mol. The van der Waals surface area contributed by atoms with E-state index >= 15 is 0 Å². The van der Waals surface area contributed by atoms with Gasteiger partial charge in [-0.1, -0.05) is 6.42 Å². The number of aryl methyl sites for hydroxylation is 2. The number of aromatic nitrogens is 2. The lowest BCUT2D eigenvalue weighted by atomic mass is 10.1. The fraction of sp³-hybridized carbons (Fsp3) is 0.429. The zero-order chi connectivity index (χ0) is 12.4. The topological polar surface area (TPSA) is 51.8 Å². The number of nitrogens with two attached hydrogens (primary N) is 1. The lowest BCUT2D eigenvalue weighted by Gasteiger charge is -2.07. The summed E-state index contributed by atoms with van der Waals surface area (Å²) in [7, 11) is 0. The summed E-state index contributed by atoms with van der Waals surface area (Å²) in [5.41, 5.74) is 8.64. The van der Waals surface area contributed by atoms with Crippen LogP contribution in [0.25, 0.3) is 0 Å². The van der Waals surface area contributed by atoms with Gasteiger partial charge in [-0.3, -0.25) is 9.97 Å². The van der Waals surface area contributed by atoms with Crippen molar-refractivity contribution in [1.82, 2.24) is 9.97 Å². The molecule has 2 N–H and O–H groups in total. The van der Waals surface area contributed by atoms with Crippen molar-refractivity contribution in [3.63, 3.8) is 0 Å². The summed E-state index contributed by atoms with van der Waals surface area (Å²) >= 11 is 1.86. The van der Waals surface area contributed by atoms with E-state index in [1.165, 1.54) is 47.4 Å². The number of hydrogen-bond donors (Lipinski definition) is 1. The van der Waals surface area contributed by atoms with E-state index in [2.05, 4.69) is 16.0 Å². The molecular formula is C14H17N3S. The molecule has 1 aliphatic rings. The predicted octanol–water partition coefficient (Wildman–Crippen LogP) is 2.86. The molecule has 0 aromatic carbocycles. The van der Waals surface area contributed by atoms with Crippen molar-refractivity contribution >= 4 is 11.3 Å². The normalized spacial score (nSPS) is 16.9. The summed E-state index contributed by atoms with van der Waals surface area (Å²) < 4.78 is 0. The molecule has 1 aliphatic carbocycles. The average Bonchev–Trinajstić information content (AvgIpc) is 2.70. The minimum Gasteiger partial charge on any atom is -0.318 e. The van der Waals surface area contributed by atoms with Gasteiger partial charge in [0.25, 0.3) is 0 Å². The maximum Gasteiger partial charge on any atom is 0.0835 e. The summed E-state index contributed by atoms with van der Waals surface area (Å²) in [6.45, 7) is 0. The van der Waals surface area contributed by atoms with Gasteiger partial charge in [0.2, 0.25) is 0 Å². The van der Waals surface area contributed by atoms with Gasteiger partial charge in [-0.25, -0.2) is 0 Å². The van der Waals surface area contributed by atoms with E-state index in [1.807, 2.05) is 11.3 Å². The first kappa shape index (κ1) is 11.8. The molecule has 4 heteroatoms. The van der Waals surface area contributed by atoms with E-state index in [0.29, 0.717) is 0 Å². The van der Waals surface area contributed by atoms with Crippen LogP contribution in [0.4, 0.5) is 0 Å². The van der Waals surface area contributed by atoms with Crippen LogP contribution in [-0.2, 0) is 12.8 Å². The summed E-state index contributed by atoms with van der Waals surface area (Å²) in [4.78, 5) is 11.1. The van der Waals surface area contributed by atoms with Crippen LogP contribution in [0.3, 0.4) is 0 Å². The zero-order valence-corrected chi connectivity index (χ0v) is 11.1. The van der Waals surface area contributed by atoms with Crippen LogP contribution in [0.1, 0.15) is 46.3 Å². The first-order valence-corrected chi connectivity index (χ1v) is 7.29. The van der Waals surface area contributed by atoms with Crippen LogP contribution in [0.2, 0.25) is 0 Å². The van der Waals surface area contributed by atoms with Crippen LogP contribution < -0.4 is 5.73 Å². The summed E-state index contributed by atoms with van der Waals surface area (Å²) in [6, 6.07) is 2.15. The van der Waals surface area contributed by atoms with E-state index in [9.17, 15) is 0 Å². The van der Waals surface area contributed by atoms with Gasteiger partial charge in [-0.2, -0.15) is 0 Å². The van der Waals surface area contributed by atoms with Crippen molar-refractivity contribution in [1.29, 1.82) is 0 Å². The Hall–Kier alpha value is -1.26. The molecule has 0 aliphatic heterocycles. The lowest BCUT2D eigenvalue weighted by molar-refractivity contribution is 0.712. The van der Waals surface area contributed by atoms with Crippen LogP contribution in [0.15, 0.2) is 24.7 Å². The molecule has 2 aromatic rings. The molecule has 0 bridgehead atoms. The first-order chi connectivity index (χ1) is 8.84. The van der Waals surface area contributed by atoms with Crippen LogP contribution >= 0.6 is 11.3 Å². The molecule has 0 amide bonds. The third kappa shape index (κ3) is 2.31. The molecule has 0 spiro atoms. The average molecular weight is 259 g/mol. The third-order valence-corrected chi connectivity index (χ3v) is 4.79. The fourth-order valence-electron chi connectivity index (χ4n) is 2.46. The third-order valence-electron chi connectivity index (χ3n) is 3.47. The lowest BCUT2D eigenvalue weighted by Crippen LogP contribution is -2.12. The van der Waals surface area contributed by atoms with E-state index in [4.69, 9.17) is 5.73 Å². The molecule has 2 heterocycles. The molecule has 1 unspecified atom stereocenters. The Morgan fingerprint density at radius 3 is 2.89 bits per heavy atom. The highest BCUT2D eigenvalue weighted by atomic mass is 32.1. The molecule has 3 rings (SSSR count). The molecule has 1 atom stereocenters. The Morgan fingerprint density at radius 2 is 2.06 bits per heavy atom. The summed E-state index contributed by atoms with van der Waals surface area (Å²) in [5.74, 6) is 0. The number of thiophene rings is 1. The molecule has 18 heavy (non-hydrogen) atoms. The van der Waals surface area contributed by atoms with Crippen molar-refractivity contribution in [2.75, 3.05) is 0 Å². The smallest absolute Gasteiger partial charge is 0.0835 e. The maximum absolute atomic E-state index is 6.28. The molecule has 0 saturated heterocycles. The highest BCUT2D eigenvalue weighted by molar-refractivity contribution is 7.12. The van der Waals surface area contributed by atoms with Crippen LogP contribution in [-0.4, -0.2) is 9.97 Å². The number of fused-ring (bicyclic) bond motifs is 1. The van der Waals surface area contributed by atoms with Gasteiger partial charge < -0.3 is 5.73 Å². The second-order valence-corrected chi connectivity index (χ2v) is 5.93. The second-order valence-electron chi connectivity index (χ2n) is 4.77. The number of hydrogen-bond acceptors (Lipinski definition) is 4. The second kappa shape index (κ2) is 5.16. The Labute approximate surface area is 111 Å². The Balaban J connectivity index is 1.89. The van der Waals surface area contributed by atoms with Gasteiger partial charge in [0, 0.05) is 22.1 Å². The molecule has 0 saturated carbocycles. The first-order valence-electron chi connectivity index (χ1n) is 6.47. The molecular weight excluding hydrogens is 242 g/mol. The number of rotatable bonds is 2. The van der Waals surface area contributed by atoms with Crippen LogP contribution in [0, 0.1) is 0 Å².